The largest absolute Gasteiger partial charge is 0.469 e. The Bertz CT molecular complexity index is 1100. The van der Waals surface area contributed by atoms with E-state index >= 15 is 0 Å². The van der Waals surface area contributed by atoms with E-state index in [0.717, 1.165) is 19.3 Å². The van der Waals surface area contributed by atoms with Crippen molar-refractivity contribution < 1.29 is 23.4 Å². The normalized spacial score (nSPS) is 13.8. The minimum absolute atomic E-state index is 0.0141. The van der Waals surface area contributed by atoms with Crippen molar-refractivity contribution in [3.63, 3.8) is 0 Å². The summed E-state index contributed by atoms with van der Waals surface area (Å²) in [4.78, 5) is 43.2. The van der Waals surface area contributed by atoms with Crippen LogP contribution in [-0.2, 0) is 11.2 Å². The van der Waals surface area contributed by atoms with Gasteiger partial charge in [-0.05, 0) is 42.6 Å². The molecule has 3 aromatic heterocycles. The summed E-state index contributed by atoms with van der Waals surface area (Å²) in [7, 11) is 0. The first-order chi connectivity index (χ1) is 15.0. The van der Waals surface area contributed by atoms with Crippen molar-refractivity contribution in [3.05, 3.63) is 40.4 Å². The number of nitrogens with one attached hydrogen (secondary N) is 2. The van der Waals surface area contributed by atoms with Gasteiger partial charge in [0.05, 0.1) is 23.9 Å². The zero-order valence-corrected chi connectivity index (χ0v) is 17.5. The first kappa shape index (κ1) is 20.7. The number of carbonyl (C=O) groups excluding carboxylic acids is 3. The van der Waals surface area contributed by atoms with Gasteiger partial charge in [0.25, 0.3) is 11.8 Å². The molecule has 4 heterocycles. The van der Waals surface area contributed by atoms with Gasteiger partial charge < -0.3 is 14.6 Å². The molecule has 0 saturated carbocycles. The Morgan fingerprint density at radius 2 is 1.97 bits per heavy atom. The standard InChI is InChI=1S/C19H20N6O5S/c1-11-13(5-8-29-11)17(27)22-19-20-12(10-31-19)9-14(26)21-16-15(23-30-24-16)18(28)25-6-3-2-4-7-25/h5,8,10H,2-4,6-7,9H2,1H3,(H,20,22,27)(H,21,24,26). The van der Waals surface area contributed by atoms with Crippen LogP contribution in [0.3, 0.4) is 0 Å². The van der Waals surface area contributed by atoms with Crippen molar-refractivity contribution in [2.45, 2.75) is 32.6 Å². The maximum absolute atomic E-state index is 12.6. The Kier molecular flexibility index (Phi) is 6.07. The molecule has 11 nitrogen and oxygen atoms in total. The molecule has 2 N–H and O–H groups in total. The number of likely N-dealkylation sites (tertiary alicyclic amines) is 1. The second-order valence-corrected chi connectivity index (χ2v) is 7.89. The van der Waals surface area contributed by atoms with E-state index in [-0.39, 0.29) is 29.7 Å². The van der Waals surface area contributed by atoms with Gasteiger partial charge in [-0.25, -0.2) is 9.61 Å². The number of rotatable bonds is 6. The van der Waals surface area contributed by atoms with E-state index < -0.39 is 5.91 Å². The molecule has 0 aromatic carbocycles. The fourth-order valence-corrected chi connectivity index (χ4v) is 3.93. The van der Waals surface area contributed by atoms with Gasteiger partial charge in [0, 0.05) is 18.5 Å². The number of nitrogens with zero attached hydrogens (tertiary/aromatic N) is 4. The molecule has 3 aromatic rings. The molecule has 0 spiro atoms. The molecule has 0 radical (unpaired) electrons. The third kappa shape index (κ3) is 4.79. The summed E-state index contributed by atoms with van der Waals surface area (Å²) < 4.78 is 9.79. The smallest absolute Gasteiger partial charge is 0.280 e. The molecule has 1 saturated heterocycles. The minimum Gasteiger partial charge on any atom is -0.469 e. The highest BCUT2D eigenvalue weighted by molar-refractivity contribution is 7.14. The van der Waals surface area contributed by atoms with Gasteiger partial charge >= 0.3 is 0 Å². The van der Waals surface area contributed by atoms with E-state index in [1.807, 2.05) is 0 Å². The molecule has 1 fully saturated rings. The van der Waals surface area contributed by atoms with Crippen molar-refractivity contribution in [1.82, 2.24) is 20.2 Å². The first-order valence-electron chi connectivity index (χ1n) is 9.73. The predicted molar refractivity (Wildman–Crippen MR) is 110 cm³/mol. The molecule has 0 atom stereocenters. The molecule has 3 amide bonds. The van der Waals surface area contributed by atoms with Gasteiger partial charge in [0.15, 0.2) is 5.13 Å². The summed E-state index contributed by atoms with van der Waals surface area (Å²) >= 11 is 1.20. The highest BCUT2D eigenvalue weighted by Gasteiger charge is 2.26. The van der Waals surface area contributed by atoms with Gasteiger partial charge in [0.2, 0.25) is 17.4 Å². The summed E-state index contributed by atoms with van der Waals surface area (Å²) in [5.74, 6) is -0.600. The average Bonchev–Trinajstić information content (AvgIpc) is 3.50. The van der Waals surface area contributed by atoms with E-state index in [9.17, 15) is 14.4 Å². The summed E-state index contributed by atoms with van der Waals surface area (Å²) in [6.07, 6.45) is 4.32. The Balaban J connectivity index is 1.35. The summed E-state index contributed by atoms with van der Waals surface area (Å²) in [5.41, 5.74) is 0.859. The third-order valence-electron chi connectivity index (χ3n) is 4.81. The predicted octanol–water partition coefficient (Wildman–Crippen LogP) is 2.49. The fourth-order valence-electron chi connectivity index (χ4n) is 3.23. The van der Waals surface area contributed by atoms with Gasteiger partial charge in [-0.3, -0.25) is 19.7 Å². The van der Waals surface area contributed by atoms with Crippen LogP contribution in [0.5, 0.6) is 0 Å². The second kappa shape index (κ2) is 9.08. The average molecular weight is 444 g/mol. The van der Waals surface area contributed by atoms with Gasteiger partial charge in [-0.15, -0.1) is 11.3 Å². The number of thiazole rings is 1. The molecule has 0 unspecified atom stereocenters. The van der Waals surface area contributed by atoms with Crippen molar-refractivity contribution in [2.75, 3.05) is 23.7 Å². The van der Waals surface area contributed by atoms with Crippen LogP contribution in [0.4, 0.5) is 10.9 Å². The van der Waals surface area contributed by atoms with Crippen LogP contribution in [0.15, 0.2) is 26.8 Å². The zero-order chi connectivity index (χ0) is 21.8. The second-order valence-electron chi connectivity index (χ2n) is 7.03. The van der Waals surface area contributed by atoms with E-state index in [1.54, 1.807) is 23.3 Å². The Labute approximate surface area is 180 Å². The first-order valence-corrected chi connectivity index (χ1v) is 10.6. The van der Waals surface area contributed by atoms with Crippen LogP contribution in [0.2, 0.25) is 0 Å². The maximum atomic E-state index is 12.6. The van der Waals surface area contributed by atoms with Crippen LogP contribution >= 0.6 is 11.3 Å². The summed E-state index contributed by atoms with van der Waals surface area (Å²) in [6, 6.07) is 1.57. The monoisotopic (exact) mass is 444 g/mol. The molecule has 1 aliphatic rings. The number of anilines is 2. The van der Waals surface area contributed by atoms with E-state index in [1.165, 1.54) is 17.6 Å². The highest BCUT2D eigenvalue weighted by atomic mass is 32.1. The van der Waals surface area contributed by atoms with Crippen LogP contribution in [0.25, 0.3) is 0 Å². The van der Waals surface area contributed by atoms with Crippen LogP contribution in [-0.4, -0.2) is 51.0 Å². The van der Waals surface area contributed by atoms with Gasteiger partial charge in [-0.1, -0.05) is 0 Å². The SMILES string of the molecule is Cc1occc1C(=O)Nc1nc(CC(=O)Nc2nonc2C(=O)N2CCCCC2)cs1. The van der Waals surface area contributed by atoms with Gasteiger partial charge in [0.1, 0.15) is 5.76 Å². The highest BCUT2D eigenvalue weighted by Crippen LogP contribution is 2.20. The topological polar surface area (TPSA) is 143 Å². The quantitative estimate of drug-likeness (QED) is 0.590. The number of hydrogen-bond acceptors (Lipinski definition) is 9. The maximum Gasteiger partial charge on any atom is 0.280 e. The molecule has 0 bridgehead atoms. The molecule has 31 heavy (non-hydrogen) atoms. The van der Waals surface area contributed by atoms with E-state index in [2.05, 4.69) is 30.6 Å². The van der Waals surface area contributed by atoms with Gasteiger partial charge in [-0.2, -0.15) is 0 Å². The number of amides is 3. The molecule has 1 aliphatic heterocycles. The van der Waals surface area contributed by atoms with Crippen LogP contribution in [0, 0.1) is 6.92 Å². The van der Waals surface area contributed by atoms with E-state index in [4.69, 9.17) is 4.42 Å². The lowest BCUT2D eigenvalue weighted by molar-refractivity contribution is -0.115. The molecular formula is C19H20N6O5S. The number of piperidine rings is 1. The number of carbonyl (C=O) groups is 3. The number of hydrogen-bond donors (Lipinski definition) is 2. The third-order valence-corrected chi connectivity index (χ3v) is 5.62. The lowest BCUT2D eigenvalue weighted by Crippen LogP contribution is -2.36. The van der Waals surface area contributed by atoms with Crippen molar-refractivity contribution in [1.29, 1.82) is 0 Å². The zero-order valence-electron chi connectivity index (χ0n) is 16.7. The summed E-state index contributed by atoms with van der Waals surface area (Å²) in [5, 5.41) is 14.6. The number of aryl methyl sites for hydroxylation is 1. The number of aromatic nitrogens is 3. The lowest BCUT2D eigenvalue weighted by atomic mass is 10.1. The molecule has 12 heteroatoms. The summed E-state index contributed by atoms with van der Waals surface area (Å²) in [6.45, 7) is 2.98. The van der Waals surface area contributed by atoms with E-state index in [0.29, 0.717) is 35.2 Å². The Hall–Kier alpha value is -3.54. The van der Waals surface area contributed by atoms with Crippen LogP contribution < -0.4 is 10.6 Å². The molecule has 162 valence electrons. The van der Waals surface area contributed by atoms with Crippen LogP contribution in [0.1, 0.15) is 51.6 Å². The number of furan rings is 1. The molecular weight excluding hydrogens is 424 g/mol. The van der Waals surface area contributed by atoms with Crippen molar-refractivity contribution in [3.8, 4) is 0 Å². The van der Waals surface area contributed by atoms with Crippen molar-refractivity contribution >= 4 is 40.0 Å². The molecule has 0 aliphatic carbocycles. The van der Waals surface area contributed by atoms with Crippen molar-refractivity contribution in [2.24, 2.45) is 0 Å². The molecule has 4 rings (SSSR count). The lowest BCUT2D eigenvalue weighted by Gasteiger charge is -2.25. The fraction of sp³-hybridized carbons (Fsp3) is 0.368. The minimum atomic E-state index is -0.433. The Morgan fingerprint density at radius 3 is 2.71 bits per heavy atom. The Morgan fingerprint density at radius 1 is 1.16 bits per heavy atom.